The van der Waals surface area contributed by atoms with Gasteiger partial charge in [0.2, 0.25) is 0 Å². The molecule has 1 aromatic carbocycles. The molecule has 0 saturated carbocycles. The average molecular weight is 391 g/mol. The first kappa shape index (κ1) is 20.8. The predicted octanol–water partition coefficient (Wildman–Crippen LogP) is 3.62. The maximum absolute atomic E-state index is 12.5. The molecule has 1 atom stereocenters. The molecule has 1 fully saturated rings. The largest absolute Gasteiger partial charge is 0.401 e. The molecule has 0 aliphatic carbocycles. The van der Waals surface area contributed by atoms with Gasteiger partial charge in [-0.05, 0) is 43.5 Å². The van der Waals surface area contributed by atoms with E-state index in [1.54, 1.807) is 0 Å². The van der Waals surface area contributed by atoms with Crippen LogP contribution in [-0.4, -0.2) is 61.7 Å². The number of hydrogen-bond acceptors (Lipinski definition) is 2. The summed E-state index contributed by atoms with van der Waals surface area (Å²) in [6, 6.07) is 7.64. The Hall–Kier alpha value is -1.47. The summed E-state index contributed by atoms with van der Waals surface area (Å²) in [5.74, 6) is 0.910. The highest BCUT2D eigenvalue weighted by Crippen LogP contribution is 2.23. The van der Waals surface area contributed by atoms with Crippen LogP contribution < -0.4 is 5.32 Å². The molecule has 1 aliphatic heterocycles. The van der Waals surface area contributed by atoms with Gasteiger partial charge in [0.15, 0.2) is 5.96 Å². The monoisotopic (exact) mass is 390 g/mol. The summed E-state index contributed by atoms with van der Waals surface area (Å²) in [4.78, 5) is 8.09. The Balaban J connectivity index is 1.91. The predicted molar refractivity (Wildman–Crippen MR) is 99.5 cm³/mol. The third kappa shape index (κ3) is 7.03. The Labute approximate surface area is 158 Å². The van der Waals surface area contributed by atoms with Gasteiger partial charge in [0, 0.05) is 38.2 Å². The lowest BCUT2D eigenvalue weighted by Crippen LogP contribution is -2.39. The smallest absolute Gasteiger partial charge is 0.357 e. The van der Waals surface area contributed by atoms with Crippen LogP contribution in [0.15, 0.2) is 29.3 Å². The van der Waals surface area contributed by atoms with E-state index in [0.29, 0.717) is 31.2 Å². The van der Waals surface area contributed by atoms with Crippen LogP contribution in [0.1, 0.15) is 18.9 Å². The lowest BCUT2D eigenvalue weighted by molar-refractivity contribution is -0.143. The van der Waals surface area contributed by atoms with Gasteiger partial charge in [-0.2, -0.15) is 13.2 Å². The van der Waals surface area contributed by atoms with Crippen molar-refractivity contribution in [3.05, 3.63) is 34.9 Å². The van der Waals surface area contributed by atoms with E-state index >= 15 is 0 Å². The van der Waals surface area contributed by atoms with Crippen LogP contribution in [0.4, 0.5) is 13.2 Å². The minimum Gasteiger partial charge on any atom is -0.357 e. The summed E-state index contributed by atoms with van der Waals surface area (Å²) in [5.41, 5.74) is 1.07. The summed E-state index contributed by atoms with van der Waals surface area (Å²) in [7, 11) is 1.94. The number of nitrogens with zero attached hydrogens (tertiary/aromatic N) is 3. The number of likely N-dealkylation sites (tertiary alicyclic amines) is 1. The normalized spacial score (nSPS) is 19.0. The fraction of sp³-hybridized carbons (Fsp3) is 0.611. The summed E-state index contributed by atoms with van der Waals surface area (Å²) in [6.45, 7) is 3.98. The number of guanidine groups is 1. The topological polar surface area (TPSA) is 30.9 Å². The molecule has 0 radical (unpaired) electrons. The zero-order chi connectivity index (χ0) is 19.2. The number of alkyl halides is 3. The van der Waals surface area contributed by atoms with Gasteiger partial charge in [0.05, 0.1) is 6.54 Å². The highest BCUT2D eigenvalue weighted by atomic mass is 35.5. The van der Waals surface area contributed by atoms with E-state index in [0.717, 1.165) is 24.5 Å². The van der Waals surface area contributed by atoms with Crippen molar-refractivity contribution in [3.8, 4) is 0 Å². The van der Waals surface area contributed by atoms with Crippen LogP contribution in [0.3, 0.4) is 0 Å². The first-order valence-electron chi connectivity index (χ1n) is 8.80. The minimum absolute atomic E-state index is 0.158. The Morgan fingerprint density at radius 3 is 2.85 bits per heavy atom. The van der Waals surface area contributed by atoms with Gasteiger partial charge in [0.1, 0.15) is 0 Å². The zero-order valence-electron chi connectivity index (χ0n) is 15.2. The second-order valence-corrected chi connectivity index (χ2v) is 7.12. The molecule has 1 aliphatic rings. The molecule has 2 rings (SSSR count). The Morgan fingerprint density at radius 1 is 1.42 bits per heavy atom. The van der Waals surface area contributed by atoms with Gasteiger partial charge in [-0.3, -0.25) is 9.89 Å². The third-order valence-corrected chi connectivity index (χ3v) is 4.51. The van der Waals surface area contributed by atoms with Crippen molar-refractivity contribution in [3.63, 3.8) is 0 Å². The molecule has 0 amide bonds. The summed E-state index contributed by atoms with van der Waals surface area (Å²) >= 11 is 6.03. The molecule has 1 heterocycles. The molecule has 26 heavy (non-hydrogen) atoms. The Bertz CT molecular complexity index is 606. The van der Waals surface area contributed by atoms with E-state index in [1.807, 2.05) is 43.1 Å². The van der Waals surface area contributed by atoms with E-state index in [1.165, 1.54) is 4.90 Å². The molecule has 1 unspecified atom stereocenters. The molecule has 4 nitrogen and oxygen atoms in total. The molecule has 0 bridgehead atoms. The van der Waals surface area contributed by atoms with Crippen LogP contribution in [0.25, 0.3) is 0 Å². The van der Waals surface area contributed by atoms with Gasteiger partial charge in [-0.15, -0.1) is 0 Å². The summed E-state index contributed by atoms with van der Waals surface area (Å²) in [6.07, 6.45) is -3.39. The Morgan fingerprint density at radius 2 is 2.19 bits per heavy atom. The minimum atomic E-state index is -4.13. The number of benzene rings is 1. The third-order valence-electron chi connectivity index (χ3n) is 4.28. The van der Waals surface area contributed by atoms with Crippen molar-refractivity contribution in [2.45, 2.75) is 26.1 Å². The maximum Gasteiger partial charge on any atom is 0.401 e. The molecule has 8 heteroatoms. The first-order chi connectivity index (χ1) is 12.3. The highest BCUT2D eigenvalue weighted by molar-refractivity contribution is 6.30. The van der Waals surface area contributed by atoms with Crippen LogP contribution in [0.2, 0.25) is 5.02 Å². The lowest BCUT2D eigenvalue weighted by atomic mass is 10.1. The van der Waals surface area contributed by atoms with Gasteiger partial charge in [0.25, 0.3) is 0 Å². The van der Waals surface area contributed by atoms with Crippen molar-refractivity contribution in [1.29, 1.82) is 0 Å². The van der Waals surface area contributed by atoms with Gasteiger partial charge in [-0.1, -0.05) is 23.7 Å². The number of aliphatic imine (C=N–C) groups is 1. The summed E-state index contributed by atoms with van der Waals surface area (Å²) < 4.78 is 37.5. The number of nitrogens with one attached hydrogen (secondary N) is 1. The van der Waals surface area contributed by atoms with Crippen LogP contribution in [0, 0.1) is 5.92 Å². The molecule has 1 N–H and O–H groups in total. The second-order valence-electron chi connectivity index (χ2n) is 6.69. The molecule has 0 aromatic heterocycles. The number of halogens is 4. The molecule has 146 valence electrons. The van der Waals surface area contributed by atoms with Crippen molar-refractivity contribution in [2.24, 2.45) is 10.9 Å². The van der Waals surface area contributed by atoms with Gasteiger partial charge in [-0.25, -0.2) is 0 Å². The zero-order valence-corrected chi connectivity index (χ0v) is 15.9. The highest BCUT2D eigenvalue weighted by Gasteiger charge is 2.34. The average Bonchev–Trinajstić information content (AvgIpc) is 2.96. The summed E-state index contributed by atoms with van der Waals surface area (Å²) in [5, 5.41) is 3.93. The Kier molecular flexibility index (Phi) is 7.58. The number of hydrogen-bond donors (Lipinski definition) is 1. The molecule has 0 spiro atoms. The van der Waals surface area contributed by atoms with Crippen molar-refractivity contribution >= 4 is 17.6 Å². The second kappa shape index (κ2) is 9.46. The van der Waals surface area contributed by atoms with E-state index in [9.17, 15) is 13.2 Å². The van der Waals surface area contributed by atoms with Crippen LogP contribution in [0.5, 0.6) is 0 Å². The molecular formula is C18H26ClF3N4. The van der Waals surface area contributed by atoms with E-state index in [2.05, 4.69) is 10.3 Å². The fourth-order valence-corrected chi connectivity index (χ4v) is 3.34. The van der Waals surface area contributed by atoms with Crippen molar-refractivity contribution in [2.75, 3.05) is 39.8 Å². The van der Waals surface area contributed by atoms with E-state index in [-0.39, 0.29) is 5.92 Å². The van der Waals surface area contributed by atoms with Gasteiger partial charge < -0.3 is 10.2 Å². The molecule has 1 saturated heterocycles. The van der Waals surface area contributed by atoms with Crippen LogP contribution >= 0.6 is 11.6 Å². The van der Waals surface area contributed by atoms with Gasteiger partial charge >= 0.3 is 6.18 Å². The first-order valence-corrected chi connectivity index (χ1v) is 9.17. The molecule has 1 aromatic rings. The van der Waals surface area contributed by atoms with Crippen molar-refractivity contribution in [1.82, 2.24) is 15.1 Å². The van der Waals surface area contributed by atoms with E-state index < -0.39 is 12.7 Å². The lowest BCUT2D eigenvalue weighted by Gasteiger charge is -2.23. The van der Waals surface area contributed by atoms with Crippen LogP contribution in [-0.2, 0) is 6.54 Å². The molecular weight excluding hydrogens is 365 g/mol. The number of rotatable bonds is 6. The quantitative estimate of drug-likeness (QED) is 0.594. The standard InChI is InChI=1S/C18H26ClF3N4/c1-3-23-17(25(2)11-14-5-4-6-16(19)9-14)24-10-15-7-8-26(12-15)13-18(20,21)22/h4-6,9,15H,3,7-8,10-13H2,1-2H3,(H,23,24). The van der Waals surface area contributed by atoms with Crippen molar-refractivity contribution < 1.29 is 13.2 Å². The maximum atomic E-state index is 12.5. The SMILES string of the molecule is CCNC(=NCC1CCN(CC(F)(F)F)C1)N(C)Cc1cccc(Cl)c1. The van der Waals surface area contributed by atoms with E-state index in [4.69, 9.17) is 11.6 Å². The fourth-order valence-electron chi connectivity index (χ4n) is 3.13.